The summed E-state index contributed by atoms with van der Waals surface area (Å²) in [4.78, 5) is 12.0. The van der Waals surface area contributed by atoms with Crippen molar-refractivity contribution >= 4 is 5.97 Å². The average molecular weight is 318 g/mol. The SMILES string of the molecule is COc1cc(C)c(COC(=O)c2ccc(O)cc2O)cc1OC. The number of esters is 1. The van der Waals surface area contributed by atoms with Gasteiger partial charge in [0.25, 0.3) is 0 Å². The summed E-state index contributed by atoms with van der Waals surface area (Å²) in [7, 11) is 3.07. The highest BCUT2D eigenvalue weighted by atomic mass is 16.5. The molecular weight excluding hydrogens is 300 g/mol. The zero-order valence-electron chi connectivity index (χ0n) is 13.1. The fourth-order valence-corrected chi connectivity index (χ4v) is 2.09. The number of methoxy groups -OCH3 is 2. The second-order valence-corrected chi connectivity index (χ2v) is 4.91. The third-order valence-electron chi connectivity index (χ3n) is 3.40. The monoisotopic (exact) mass is 318 g/mol. The third kappa shape index (κ3) is 3.66. The Hall–Kier alpha value is -2.89. The van der Waals surface area contributed by atoms with Crippen molar-refractivity contribution in [1.82, 2.24) is 0 Å². The molecule has 0 bridgehead atoms. The molecule has 0 heterocycles. The maximum absolute atomic E-state index is 12.0. The van der Waals surface area contributed by atoms with Crippen LogP contribution in [0.2, 0.25) is 0 Å². The fraction of sp³-hybridized carbons (Fsp3) is 0.235. The van der Waals surface area contributed by atoms with E-state index in [2.05, 4.69) is 0 Å². The maximum atomic E-state index is 12.0. The molecule has 122 valence electrons. The van der Waals surface area contributed by atoms with Gasteiger partial charge >= 0.3 is 5.97 Å². The molecule has 23 heavy (non-hydrogen) atoms. The number of hydrogen-bond acceptors (Lipinski definition) is 6. The molecule has 0 spiro atoms. The zero-order chi connectivity index (χ0) is 17.0. The van der Waals surface area contributed by atoms with Crippen LogP contribution in [0.5, 0.6) is 23.0 Å². The minimum Gasteiger partial charge on any atom is -0.508 e. The lowest BCUT2D eigenvalue weighted by Crippen LogP contribution is -2.06. The lowest BCUT2D eigenvalue weighted by molar-refractivity contribution is 0.0468. The lowest BCUT2D eigenvalue weighted by atomic mass is 10.1. The number of rotatable bonds is 5. The molecule has 0 aliphatic carbocycles. The Labute approximate surface area is 133 Å². The fourth-order valence-electron chi connectivity index (χ4n) is 2.09. The van der Waals surface area contributed by atoms with Crippen LogP contribution in [-0.2, 0) is 11.3 Å². The number of hydrogen-bond donors (Lipinski definition) is 2. The van der Waals surface area contributed by atoms with Crippen LogP contribution >= 0.6 is 0 Å². The van der Waals surface area contributed by atoms with Crippen molar-refractivity contribution in [2.24, 2.45) is 0 Å². The standard InChI is InChI=1S/C17H18O6/c1-10-6-15(21-2)16(22-3)7-11(10)9-23-17(20)13-5-4-12(18)8-14(13)19/h4-8,18-19H,9H2,1-3H3. The van der Waals surface area contributed by atoms with Gasteiger partial charge in [-0.3, -0.25) is 0 Å². The molecule has 0 aliphatic heterocycles. The Bertz CT molecular complexity index is 723. The molecule has 6 heteroatoms. The van der Waals surface area contributed by atoms with Gasteiger partial charge < -0.3 is 24.4 Å². The Morgan fingerprint density at radius 1 is 1.04 bits per heavy atom. The molecule has 0 unspecified atom stereocenters. The van der Waals surface area contributed by atoms with Crippen LogP contribution in [0.3, 0.4) is 0 Å². The molecule has 0 amide bonds. The molecule has 0 aliphatic rings. The number of carbonyl (C=O) groups is 1. The van der Waals surface area contributed by atoms with Gasteiger partial charge in [-0.2, -0.15) is 0 Å². The van der Waals surface area contributed by atoms with Gasteiger partial charge in [0.05, 0.1) is 14.2 Å². The van der Waals surface area contributed by atoms with Gasteiger partial charge in [-0.25, -0.2) is 4.79 Å². The summed E-state index contributed by atoms with van der Waals surface area (Å²) >= 11 is 0. The third-order valence-corrected chi connectivity index (χ3v) is 3.40. The highest BCUT2D eigenvalue weighted by Gasteiger charge is 2.15. The van der Waals surface area contributed by atoms with Crippen molar-refractivity contribution in [2.45, 2.75) is 13.5 Å². The number of benzene rings is 2. The van der Waals surface area contributed by atoms with Crippen molar-refractivity contribution in [3.05, 3.63) is 47.0 Å². The van der Waals surface area contributed by atoms with Crippen LogP contribution in [-0.4, -0.2) is 30.4 Å². The molecule has 6 nitrogen and oxygen atoms in total. The highest BCUT2D eigenvalue weighted by Crippen LogP contribution is 2.31. The van der Waals surface area contributed by atoms with Crippen LogP contribution in [0.25, 0.3) is 0 Å². The molecule has 2 rings (SSSR count). The second-order valence-electron chi connectivity index (χ2n) is 4.91. The molecule has 0 fully saturated rings. The Morgan fingerprint density at radius 3 is 2.30 bits per heavy atom. The number of carbonyl (C=O) groups excluding carboxylic acids is 1. The van der Waals surface area contributed by atoms with E-state index >= 15 is 0 Å². The first-order valence-electron chi connectivity index (χ1n) is 6.87. The van der Waals surface area contributed by atoms with E-state index in [-0.39, 0.29) is 23.7 Å². The first-order chi connectivity index (χ1) is 11.0. The van der Waals surface area contributed by atoms with E-state index in [9.17, 15) is 15.0 Å². The molecule has 0 saturated carbocycles. The molecule has 2 aromatic carbocycles. The van der Waals surface area contributed by atoms with Gasteiger partial charge in [0.15, 0.2) is 11.5 Å². The summed E-state index contributed by atoms with van der Waals surface area (Å²) in [6.45, 7) is 1.88. The van der Waals surface area contributed by atoms with E-state index in [4.69, 9.17) is 14.2 Å². The summed E-state index contributed by atoms with van der Waals surface area (Å²) in [5.74, 6) is -0.0154. The largest absolute Gasteiger partial charge is 0.508 e. The second kappa shape index (κ2) is 6.91. The molecule has 0 radical (unpaired) electrons. The lowest BCUT2D eigenvalue weighted by Gasteiger charge is -2.13. The number of ether oxygens (including phenoxy) is 3. The van der Waals surface area contributed by atoms with Gasteiger partial charge in [0, 0.05) is 6.07 Å². The average Bonchev–Trinajstić information content (AvgIpc) is 2.53. The van der Waals surface area contributed by atoms with Crippen molar-refractivity contribution in [1.29, 1.82) is 0 Å². The number of phenols is 2. The van der Waals surface area contributed by atoms with Gasteiger partial charge in [0.2, 0.25) is 0 Å². The van der Waals surface area contributed by atoms with Crippen LogP contribution in [0.15, 0.2) is 30.3 Å². The van der Waals surface area contributed by atoms with Crippen LogP contribution in [0.4, 0.5) is 0 Å². The minimum absolute atomic E-state index is 0.0130. The quantitative estimate of drug-likeness (QED) is 0.825. The maximum Gasteiger partial charge on any atom is 0.342 e. The summed E-state index contributed by atoms with van der Waals surface area (Å²) in [5.41, 5.74) is 1.63. The summed E-state index contributed by atoms with van der Waals surface area (Å²) < 4.78 is 15.6. The van der Waals surface area contributed by atoms with E-state index in [1.165, 1.54) is 19.2 Å². The first-order valence-corrected chi connectivity index (χ1v) is 6.87. The molecule has 2 N–H and O–H groups in total. The molecule has 2 aromatic rings. The predicted octanol–water partition coefficient (Wildman–Crippen LogP) is 2.78. The van der Waals surface area contributed by atoms with Crippen molar-refractivity contribution < 1.29 is 29.2 Å². The van der Waals surface area contributed by atoms with E-state index in [1.807, 2.05) is 6.92 Å². The Balaban J connectivity index is 2.15. The van der Waals surface area contributed by atoms with E-state index in [0.29, 0.717) is 11.5 Å². The highest BCUT2D eigenvalue weighted by molar-refractivity contribution is 5.92. The van der Waals surface area contributed by atoms with E-state index in [1.54, 1.807) is 19.2 Å². The van der Waals surface area contributed by atoms with Crippen molar-refractivity contribution in [3.8, 4) is 23.0 Å². The van der Waals surface area contributed by atoms with Gasteiger partial charge in [0.1, 0.15) is 23.7 Å². The van der Waals surface area contributed by atoms with E-state index in [0.717, 1.165) is 17.2 Å². The van der Waals surface area contributed by atoms with Gasteiger partial charge in [-0.05, 0) is 42.3 Å². The van der Waals surface area contributed by atoms with Crippen LogP contribution in [0.1, 0.15) is 21.5 Å². The molecule has 0 atom stereocenters. The van der Waals surface area contributed by atoms with Crippen LogP contribution < -0.4 is 9.47 Å². The zero-order valence-corrected chi connectivity index (χ0v) is 13.1. The molecule has 0 aromatic heterocycles. The summed E-state index contributed by atoms with van der Waals surface area (Å²) in [6.07, 6.45) is 0. The summed E-state index contributed by atoms with van der Waals surface area (Å²) in [6, 6.07) is 7.21. The smallest absolute Gasteiger partial charge is 0.342 e. The number of phenolic OH excluding ortho intramolecular Hbond substituents is 2. The Morgan fingerprint density at radius 2 is 1.70 bits per heavy atom. The van der Waals surface area contributed by atoms with Gasteiger partial charge in [-0.15, -0.1) is 0 Å². The van der Waals surface area contributed by atoms with Gasteiger partial charge in [-0.1, -0.05) is 0 Å². The van der Waals surface area contributed by atoms with Crippen molar-refractivity contribution in [3.63, 3.8) is 0 Å². The number of aromatic hydroxyl groups is 2. The Kier molecular flexibility index (Phi) is 4.95. The molecule has 0 saturated heterocycles. The minimum atomic E-state index is -0.684. The predicted molar refractivity (Wildman–Crippen MR) is 83.2 cm³/mol. The summed E-state index contributed by atoms with van der Waals surface area (Å²) in [5, 5.41) is 18.9. The molecular formula is C17H18O6. The van der Waals surface area contributed by atoms with E-state index < -0.39 is 5.97 Å². The topological polar surface area (TPSA) is 85.2 Å². The van der Waals surface area contributed by atoms with Crippen LogP contribution in [0, 0.1) is 6.92 Å². The number of aryl methyl sites for hydroxylation is 1. The first kappa shape index (κ1) is 16.5. The normalized spacial score (nSPS) is 10.2. The van der Waals surface area contributed by atoms with Crippen molar-refractivity contribution in [2.75, 3.05) is 14.2 Å².